The van der Waals surface area contributed by atoms with Gasteiger partial charge >= 0.3 is 0 Å². The Hall–Kier alpha value is -0.650. The van der Waals surface area contributed by atoms with E-state index < -0.39 is 0 Å². The topological polar surface area (TPSA) is 64.6 Å². The lowest BCUT2D eigenvalue weighted by molar-refractivity contribution is -0.123. The maximum Gasteiger partial charge on any atom is 0.237 e. The summed E-state index contributed by atoms with van der Waals surface area (Å²) in [6.07, 6.45) is 6.25. The van der Waals surface area contributed by atoms with Gasteiger partial charge in [0.25, 0.3) is 0 Å². The minimum atomic E-state index is -0.381. The Labute approximate surface area is 115 Å². The third kappa shape index (κ3) is 3.46. The van der Waals surface area contributed by atoms with Crippen LogP contribution in [-0.2, 0) is 4.79 Å². The summed E-state index contributed by atoms with van der Waals surface area (Å²) in [5.74, 6) is 0.0309. The van der Waals surface area contributed by atoms with Gasteiger partial charge in [-0.05, 0) is 33.4 Å². The first-order valence-corrected chi connectivity index (χ1v) is 7.40. The molecule has 1 amide bonds. The molecular weight excluding hydrogens is 242 g/mol. The van der Waals surface area contributed by atoms with Gasteiger partial charge in [0.2, 0.25) is 5.91 Å². The second kappa shape index (κ2) is 6.20. The summed E-state index contributed by atoms with van der Waals surface area (Å²) in [4.78, 5) is 14.4. The van der Waals surface area contributed by atoms with Crippen LogP contribution in [0.25, 0.3) is 0 Å². The molecule has 2 rings (SSSR count). The van der Waals surface area contributed by atoms with Crippen LogP contribution in [0.4, 0.5) is 0 Å². The minimum Gasteiger partial charge on any atom is -0.392 e. The van der Waals surface area contributed by atoms with Crippen LogP contribution in [0.2, 0.25) is 0 Å². The molecule has 5 nitrogen and oxygen atoms in total. The number of carbonyl (C=O) groups excluding carboxylic acids is 1. The van der Waals surface area contributed by atoms with Crippen LogP contribution in [0, 0.1) is 0 Å². The highest BCUT2D eigenvalue weighted by molar-refractivity contribution is 5.82. The molecule has 2 fully saturated rings. The first-order valence-electron chi connectivity index (χ1n) is 7.40. The van der Waals surface area contributed by atoms with Gasteiger partial charge in [0, 0.05) is 18.6 Å². The number of rotatable bonds is 4. The lowest BCUT2D eigenvalue weighted by Crippen LogP contribution is -2.55. The van der Waals surface area contributed by atoms with Gasteiger partial charge in [-0.3, -0.25) is 4.79 Å². The van der Waals surface area contributed by atoms with Crippen LogP contribution in [-0.4, -0.2) is 60.8 Å². The zero-order valence-electron chi connectivity index (χ0n) is 12.1. The molecule has 2 atom stereocenters. The molecule has 2 aliphatic rings. The summed E-state index contributed by atoms with van der Waals surface area (Å²) < 4.78 is 0. The van der Waals surface area contributed by atoms with Crippen molar-refractivity contribution in [1.82, 2.24) is 15.5 Å². The summed E-state index contributed by atoms with van der Waals surface area (Å²) in [5, 5.41) is 15.6. The number of nitrogens with zero attached hydrogens (tertiary/aromatic N) is 1. The van der Waals surface area contributed by atoms with Crippen LogP contribution in [0.1, 0.15) is 38.5 Å². The zero-order valence-corrected chi connectivity index (χ0v) is 12.1. The molecule has 1 aliphatic heterocycles. The molecule has 1 saturated carbocycles. The predicted octanol–water partition coefficient (Wildman–Crippen LogP) is 0.0899. The Morgan fingerprint density at radius 2 is 2.05 bits per heavy atom. The van der Waals surface area contributed by atoms with Gasteiger partial charge in [-0.25, -0.2) is 0 Å². The maximum atomic E-state index is 12.1. The molecule has 5 heteroatoms. The summed E-state index contributed by atoms with van der Waals surface area (Å²) in [6.45, 7) is 1.24. The molecule has 19 heavy (non-hydrogen) atoms. The largest absolute Gasteiger partial charge is 0.392 e. The molecule has 0 spiro atoms. The van der Waals surface area contributed by atoms with Crippen molar-refractivity contribution in [3.05, 3.63) is 0 Å². The first kappa shape index (κ1) is 14.8. The number of likely N-dealkylation sites (N-methyl/N-ethyl adjacent to an activating group) is 1. The standard InChI is InChI=1S/C14H27N3O2/c1-17(2)14(6-4-3-5-7-14)10-16-13(19)12-8-11(18)9-15-12/h11-12,15,18H,3-10H2,1-2H3,(H,16,19)/t11-,12-/m1/s1. The number of amides is 1. The fourth-order valence-electron chi connectivity index (χ4n) is 3.28. The molecule has 0 aromatic carbocycles. The molecule has 1 saturated heterocycles. The van der Waals surface area contributed by atoms with Gasteiger partial charge in [0.05, 0.1) is 12.1 Å². The smallest absolute Gasteiger partial charge is 0.237 e. The Morgan fingerprint density at radius 1 is 1.37 bits per heavy atom. The number of hydrogen-bond donors (Lipinski definition) is 3. The van der Waals surface area contributed by atoms with Crippen molar-refractivity contribution in [1.29, 1.82) is 0 Å². The highest BCUT2D eigenvalue weighted by atomic mass is 16.3. The predicted molar refractivity (Wildman–Crippen MR) is 74.9 cm³/mol. The molecule has 1 aliphatic carbocycles. The van der Waals surface area contributed by atoms with E-state index in [0.717, 1.165) is 12.8 Å². The van der Waals surface area contributed by atoms with E-state index in [2.05, 4.69) is 29.6 Å². The molecule has 110 valence electrons. The normalized spacial score (nSPS) is 30.5. The van der Waals surface area contributed by atoms with Crippen LogP contribution < -0.4 is 10.6 Å². The lowest BCUT2D eigenvalue weighted by Gasteiger charge is -2.43. The Bertz CT molecular complexity index is 314. The van der Waals surface area contributed by atoms with E-state index in [4.69, 9.17) is 0 Å². The lowest BCUT2D eigenvalue weighted by atomic mass is 9.80. The number of carbonyl (C=O) groups is 1. The van der Waals surface area contributed by atoms with Gasteiger partial charge in [0.15, 0.2) is 0 Å². The maximum absolute atomic E-state index is 12.1. The average molecular weight is 269 g/mol. The number of hydrogen-bond acceptors (Lipinski definition) is 4. The highest BCUT2D eigenvalue weighted by Crippen LogP contribution is 2.31. The van der Waals surface area contributed by atoms with E-state index >= 15 is 0 Å². The first-order chi connectivity index (χ1) is 9.03. The summed E-state index contributed by atoms with van der Waals surface area (Å²) in [7, 11) is 4.21. The molecule has 1 heterocycles. The fourth-order valence-corrected chi connectivity index (χ4v) is 3.28. The van der Waals surface area contributed by atoms with E-state index in [1.54, 1.807) is 0 Å². The van der Waals surface area contributed by atoms with Crippen molar-refractivity contribution in [2.45, 2.75) is 56.2 Å². The van der Waals surface area contributed by atoms with Gasteiger partial charge in [0.1, 0.15) is 0 Å². The molecule has 0 radical (unpaired) electrons. The fraction of sp³-hybridized carbons (Fsp3) is 0.929. The number of aliphatic hydroxyl groups is 1. The molecular formula is C14H27N3O2. The van der Waals surface area contributed by atoms with Crippen LogP contribution >= 0.6 is 0 Å². The van der Waals surface area contributed by atoms with Crippen molar-refractivity contribution in [3.8, 4) is 0 Å². The zero-order chi connectivity index (χ0) is 13.9. The molecule has 3 N–H and O–H groups in total. The number of β-amino-alcohol motifs (C(OH)–C–C–N with tert-alkyl or cyclic N) is 1. The van der Waals surface area contributed by atoms with Crippen molar-refractivity contribution in [2.24, 2.45) is 0 Å². The van der Waals surface area contributed by atoms with E-state index in [0.29, 0.717) is 19.5 Å². The second-order valence-electron chi connectivity index (χ2n) is 6.25. The van der Waals surface area contributed by atoms with Gasteiger partial charge in [-0.2, -0.15) is 0 Å². The van der Waals surface area contributed by atoms with Gasteiger partial charge in [-0.1, -0.05) is 19.3 Å². The van der Waals surface area contributed by atoms with Gasteiger partial charge in [-0.15, -0.1) is 0 Å². The quantitative estimate of drug-likeness (QED) is 0.677. The van der Waals surface area contributed by atoms with E-state index in [1.807, 2.05) is 0 Å². The molecule has 0 bridgehead atoms. The summed E-state index contributed by atoms with van der Waals surface area (Å²) >= 11 is 0. The Morgan fingerprint density at radius 3 is 2.58 bits per heavy atom. The number of aliphatic hydroxyl groups excluding tert-OH is 1. The second-order valence-corrected chi connectivity index (χ2v) is 6.25. The monoisotopic (exact) mass is 269 g/mol. The van der Waals surface area contributed by atoms with E-state index in [1.165, 1.54) is 19.3 Å². The highest BCUT2D eigenvalue weighted by Gasteiger charge is 2.36. The van der Waals surface area contributed by atoms with Crippen molar-refractivity contribution in [3.63, 3.8) is 0 Å². The van der Waals surface area contributed by atoms with Crippen LogP contribution in [0.3, 0.4) is 0 Å². The number of nitrogens with one attached hydrogen (secondary N) is 2. The van der Waals surface area contributed by atoms with E-state index in [9.17, 15) is 9.90 Å². The minimum absolute atomic E-state index is 0.0309. The van der Waals surface area contributed by atoms with Crippen molar-refractivity contribution < 1.29 is 9.90 Å². The van der Waals surface area contributed by atoms with E-state index in [-0.39, 0.29) is 23.6 Å². The van der Waals surface area contributed by atoms with Crippen LogP contribution in [0.15, 0.2) is 0 Å². The van der Waals surface area contributed by atoms with Crippen LogP contribution in [0.5, 0.6) is 0 Å². The molecule has 0 aromatic heterocycles. The van der Waals surface area contributed by atoms with Crippen molar-refractivity contribution in [2.75, 3.05) is 27.2 Å². The SMILES string of the molecule is CN(C)C1(CNC(=O)[C@H]2C[C@@H](O)CN2)CCCCC1. The average Bonchev–Trinajstić information content (AvgIpc) is 2.83. The van der Waals surface area contributed by atoms with Crippen molar-refractivity contribution >= 4 is 5.91 Å². The third-order valence-corrected chi connectivity index (χ3v) is 4.75. The molecule has 0 unspecified atom stereocenters. The molecule has 0 aromatic rings. The summed E-state index contributed by atoms with van der Waals surface area (Å²) in [5.41, 5.74) is 0.116. The Kier molecular flexibility index (Phi) is 4.81. The summed E-state index contributed by atoms with van der Waals surface area (Å²) in [6, 6.07) is -0.224. The third-order valence-electron chi connectivity index (χ3n) is 4.75. The Balaban J connectivity index is 1.86. The van der Waals surface area contributed by atoms with Gasteiger partial charge < -0.3 is 20.6 Å².